The molecule has 0 heterocycles. The highest BCUT2D eigenvalue weighted by molar-refractivity contribution is 7.90. The fourth-order valence-electron chi connectivity index (χ4n) is 0.957. The molecule has 12 heavy (non-hydrogen) atoms. The van der Waals surface area contributed by atoms with E-state index in [4.69, 9.17) is 0 Å². The van der Waals surface area contributed by atoms with Crippen LogP contribution < -0.4 is 5.32 Å². The molecule has 0 saturated carbocycles. The first kappa shape index (κ1) is 11.9. The molecule has 0 aromatic carbocycles. The van der Waals surface area contributed by atoms with Crippen LogP contribution in [-0.2, 0) is 9.84 Å². The Morgan fingerprint density at radius 3 is 2.25 bits per heavy atom. The van der Waals surface area contributed by atoms with Crippen molar-refractivity contribution in [3.63, 3.8) is 0 Å². The van der Waals surface area contributed by atoms with Crippen LogP contribution >= 0.6 is 0 Å². The lowest BCUT2D eigenvalue weighted by Gasteiger charge is -2.19. The monoisotopic (exact) mass is 195 g/mol. The first-order valence-corrected chi connectivity index (χ1v) is 6.02. The summed E-state index contributed by atoms with van der Waals surface area (Å²) in [5.74, 6) is -0.0154. The molecule has 2 N–H and O–H groups in total. The van der Waals surface area contributed by atoms with Crippen molar-refractivity contribution >= 4 is 9.84 Å². The third kappa shape index (κ3) is 5.51. The van der Waals surface area contributed by atoms with Gasteiger partial charge in [-0.15, -0.1) is 0 Å². The van der Waals surface area contributed by atoms with Crippen molar-refractivity contribution in [3.8, 4) is 0 Å². The Kier molecular flexibility index (Phi) is 4.74. The summed E-state index contributed by atoms with van der Waals surface area (Å²) in [7, 11) is -3.01. The lowest BCUT2D eigenvalue weighted by atomic mass is 10.2. The van der Waals surface area contributed by atoms with Gasteiger partial charge in [-0.1, -0.05) is 6.92 Å². The van der Waals surface area contributed by atoms with Gasteiger partial charge in [0.2, 0.25) is 0 Å². The molecule has 0 spiro atoms. The predicted molar refractivity (Wildman–Crippen MR) is 48.9 cm³/mol. The Morgan fingerprint density at radius 1 is 1.50 bits per heavy atom. The summed E-state index contributed by atoms with van der Waals surface area (Å²) in [5, 5.41) is 12.1. The number of hydrogen-bond acceptors (Lipinski definition) is 4. The van der Waals surface area contributed by atoms with Crippen molar-refractivity contribution in [2.24, 2.45) is 0 Å². The van der Waals surface area contributed by atoms with Crippen LogP contribution in [0.5, 0.6) is 0 Å². The Labute approximate surface area is 73.9 Å². The molecule has 0 aromatic rings. The highest BCUT2D eigenvalue weighted by Crippen LogP contribution is 1.96. The lowest BCUT2D eigenvalue weighted by Crippen LogP contribution is -2.43. The Bertz CT molecular complexity index is 211. The maximum absolute atomic E-state index is 10.9. The molecule has 0 aliphatic heterocycles. The Balaban J connectivity index is 4.14. The SMILES string of the molecule is CCNC(CS(C)(=O)=O)C(C)O. The minimum Gasteiger partial charge on any atom is -0.392 e. The van der Waals surface area contributed by atoms with Crippen LogP contribution in [0.3, 0.4) is 0 Å². The van der Waals surface area contributed by atoms with Crippen LogP contribution in [-0.4, -0.2) is 44.2 Å². The quantitative estimate of drug-likeness (QED) is 0.614. The minimum atomic E-state index is -3.01. The highest BCUT2D eigenvalue weighted by Gasteiger charge is 2.18. The van der Waals surface area contributed by atoms with Gasteiger partial charge in [0.05, 0.1) is 11.9 Å². The summed E-state index contributed by atoms with van der Waals surface area (Å²) in [4.78, 5) is 0. The molecule has 0 bridgehead atoms. The maximum Gasteiger partial charge on any atom is 0.149 e. The van der Waals surface area contributed by atoms with E-state index in [2.05, 4.69) is 5.32 Å². The van der Waals surface area contributed by atoms with Gasteiger partial charge in [-0.05, 0) is 13.5 Å². The smallest absolute Gasteiger partial charge is 0.149 e. The molecule has 0 fully saturated rings. The minimum absolute atomic E-state index is 0.0154. The zero-order valence-electron chi connectivity index (χ0n) is 7.74. The Morgan fingerprint density at radius 2 is 2.00 bits per heavy atom. The predicted octanol–water partition coefficient (Wildman–Crippen LogP) is -0.610. The van der Waals surface area contributed by atoms with Crippen molar-refractivity contribution < 1.29 is 13.5 Å². The summed E-state index contributed by atoms with van der Waals surface area (Å²) in [6.07, 6.45) is 0.527. The van der Waals surface area contributed by atoms with Gasteiger partial charge in [0.15, 0.2) is 0 Å². The van der Waals surface area contributed by atoms with Crippen LogP contribution in [0.15, 0.2) is 0 Å². The normalized spacial score (nSPS) is 17.3. The van der Waals surface area contributed by atoms with E-state index < -0.39 is 15.9 Å². The zero-order valence-corrected chi connectivity index (χ0v) is 8.56. The van der Waals surface area contributed by atoms with E-state index in [9.17, 15) is 13.5 Å². The van der Waals surface area contributed by atoms with Crippen molar-refractivity contribution in [2.75, 3.05) is 18.6 Å². The summed E-state index contributed by atoms with van der Waals surface area (Å²) >= 11 is 0. The summed E-state index contributed by atoms with van der Waals surface area (Å²) < 4.78 is 21.7. The summed E-state index contributed by atoms with van der Waals surface area (Å²) in [6, 6.07) is -0.356. The second kappa shape index (κ2) is 4.79. The van der Waals surface area contributed by atoms with Gasteiger partial charge in [0, 0.05) is 12.3 Å². The Hall–Kier alpha value is -0.130. The van der Waals surface area contributed by atoms with E-state index in [1.807, 2.05) is 6.92 Å². The standard InChI is InChI=1S/C7H17NO3S/c1-4-8-7(6(2)9)5-12(3,10)11/h6-9H,4-5H2,1-3H3. The maximum atomic E-state index is 10.9. The average molecular weight is 195 g/mol. The largest absolute Gasteiger partial charge is 0.392 e. The van der Waals surface area contributed by atoms with Crippen molar-refractivity contribution in [3.05, 3.63) is 0 Å². The zero-order chi connectivity index (χ0) is 9.78. The number of aliphatic hydroxyl groups is 1. The molecule has 2 unspecified atom stereocenters. The molecule has 0 saturated heterocycles. The third-order valence-electron chi connectivity index (χ3n) is 1.53. The second-order valence-corrected chi connectivity index (χ2v) is 5.18. The lowest BCUT2D eigenvalue weighted by molar-refractivity contribution is 0.155. The van der Waals surface area contributed by atoms with Crippen molar-refractivity contribution in [1.29, 1.82) is 0 Å². The van der Waals surface area contributed by atoms with Crippen LogP contribution in [0, 0.1) is 0 Å². The molecular formula is C7H17NO3S. The molecule has 0 amide bonds. The molecular weight excluding hydrogens is 178 g/mol. The van der Waals surface area contributed by atoms with Crippen LogP contribution in [0.1, 0.15) is 13.8 Å². The topological polar surface area (TPSA) is 66.4 Å². The van der Waals surface area contributed by atoms with Gasteiger partial charge in [-0.25, -0.2) is 8.42 Å². The van der Waals surface area contributed by atoms with Gasteiger partial charge in [-0.2, -0.15) is 0 Å². The van der Waals surface area contributed by atoms with E-state index in [1.165, 1.54) is 6.26 Å². The van der Waals surface area contributed by atoms with Gasteiger partial charge in [-0.3, -0.25) is 0 Å². The van der Waals surface area contributed by atoms with E-state index >= 15 is 0 Å². The number of sulfone groups is 1. The molecule has 4 nitrogen and oxygen atoms in total. The summed E-state index contributed by atoms with van der Waals surface area (Å²) in [5.41, 5.74) is 0. The van der Waals surface area contributed by atoms with Gasteiger partial charge in [0.25, 0.3) is 0 Å². The molecule has 0 aromatic heterocycles. The van der Waals surface area contributed by atoms with Gasteiger partial charge in [0.1, 0.15) is 9.84 Å². The van der Waals surface area contributed by atoms with Crippen molar-refractivity contribution in [2.45, 2.75) is 26.0 Å². The average Bonchev–Trinajstić information content (AvgIpc) is 1.83. The second-order valence-electron chi connectivity index (χ2n) is 3.00. The molecule has 2 atom stereocenters. The van der Waals surface area contributed by atoms with E-state index in [-0.39, 0.29) is 11.8 Å². The number of nitrogens with one attached hydrogen (secondary N) is 1. The first-order chi connectivity index (χ1) is 5.37. The summed E-state index contributed by atoms with van der Waals surface area (Å²) in [6.45, 7) is 4.11. The highest BCUT2D eigenvalue weighted by atomic mass is 32.2. The van der Waals surface area contributed by atoms with Crippen LogP contribution in [0.4, 0.5) is 0 Å². The number of likely N-dealkylation sites (N-methyl/N-ethyl adjacent to an activating group) is 1. The molecule has 0 radical (unpaired) electrons. The molecule has 5 heteroatoms. The number of hydrogen-bond donors (Lipinski definition) is 2. The van der Waals surface area contributed by atoms with Crippen LogP contribution in [0.25, 0.3) is 0 Å². The van der Waals surface area contributed by atoms with E-state index in [0.29, 0.717) is 6.54 Å². The first-order valence-electron chi connectivity index (χ1n) is 3.96. The molecule has 74 valence electrons. The number of aliphatic hydroxyl groups excluding tert-OH is 1. The third-order valence-corrected chi connectivity index (χ3v) is 2.50. The van der Waals surface area contributed by atoms with E-state index in [0.717, 1.165) is 0 Å². The van der Waals surface area contributed by atoms with Gasteiger partial charge >= 0.3 is 0 Å². The fourth-order valence-corrected chi connectivity index (χ4v) is 2.01. The molecule has 0 aliphatic rings. The fraction of sp³-hybridized carbons (Fsp3) is 1.00. The molecule has 0 aliphatic carbocycles. The molecule has 0 rings (SSSR count). The van der Waals surface area contributed by atoms with E-state index in [1.54, 1.807) is 6.92 Å². The number of rotatable bonds is 5. The van der Waals surface area contributed by atoms with Gasteiger partial charge < -0.3 is 10.4 Å². The van der Waals surface area contributed by atoms with Crippen LogP contribution in [0.2, 0.25) is 0 Å². The van der Waals surface area contributed by atoms with Crippen molar-refractivity contribution in [1.82, 2.24) is 5.32 Å².